The van der Waals surface area contributed by atoms with Crippen molar-refractivity contribution in [3.8, 4) is 5.69 Å². The summed E-state index contributed by atoms with van der Waals surface area (Å²) in [7, 11) is 1.67. The number of hydrogen-bond acceptors (Lipinski definition) is 6. The van der Waals surface area contributed by atoms with Gasteiger partial charge in [-0.2, -0.15) is 10.1 Å². The molecule has 164 valence electrons. The van der Waals surface area contributed by atoms with Crippen molar-refractivity contribution < 1.29 is 9.18 Å². The first-order valence-electron chi connectivity index (χ1n) is 10.3. The zero-order valence-corrected chi connectivity index (χ0v) is 19.7. The molecule has 4 aromatic rings. The van der Waals surface area contributed by atoms with Crippen LogP contribution in [0.3, 0.4) is 0 Å². The van der Waals surface area contributed by atoms with Gasteiger partial charge in [-0.1, -0.05) is 13.0 Å². The van der Waals surface area contributed by atoms with Gasteiger partial charge in [0.25, 0.3) is 0 Å². The summed E-state index contributed by atoms with van der Waals surface area (Å²) in [6.45, 7) is 1.98. The van der Waals surface area contributed by atoms with E-state index < -0.39 is 11.2 Å². The average Bonchev–Trinajstić information content (AvgIpc) is 3.33. The largest absolute Gasteiger partial charge is 0.359 e. The molecule has 8 nitrogen and oxygen atoms in total. The van der Waals surface area contributed by atoms with Gasteiger partial charge in [-0.3, -0.25) is 9.78 Å². The van der Waals surface area contributed by atoms with Gasteiger partial charge in [0.15, 0.2) is 11.5 Å². The minimum absolute atomic E-state index is 0.0543. The fraction of sp³-hybridized carbons (Fsp3) is 0.318. The molecule has 0 spiro atoms. The van der Waals surface area contributed by atoms with Crippen LogP contribution in [0.4, 0.5) is 10.3 Å². The molecule has 0 radical (unpaired) electrons. The summed E-state index contributed by atoms with van der Waals surface area (Å²) in [6, 6.07) is 6.94. The van der Waals surface area contributed by atoms with Gasteiger partial charge in [0.1, 0.15) is 9.22 Å². The highest BCUT2D eigenvalue weighted by atomic mass is 127. The van der Waals surface area contributed by atoms with Crippen LogP contribution in [0, 0.1) is 14.9 Å². The standard InChI is InChI=1S/C22H21FIN7O/c1-22(20(32)25-2)6-5-13(10-22)28-21-27-11-15-18(24)30-31(19(15)29-21)14-8-12-4-3-7-26-17(12)16(23)9-14/h3-4,7-9,11,13H,5-6,10H2,1-2H3,(H,25,32)(H,27,28,29)/t13-,22-/m1/s1. The number of carbonyl (C=O) groups excluding carboxylic acids is 1. The monoisotopic (exact) mass is 545 g/mol. The van der Waals surface area contributed by atoms with Crippen LogP contribution in [-0.2, 0) is 4.79 Å². The lowest BCUT2D eigenvalue weighted by Gasteiger charge is -2.22. The molecule has 1 aliphatic carbocycles. The number of carbonyl (C=O) groups is 1. The van der Waals surface area contributed by atoms with Crippen molar-refractivity contribution in [3.63, 3.8) is 0 Å². The molecule has 0 aliphatic heterocycles. The molecule has 1 aliphatic rings. The Morgan fingerprint density at radius 3 is 3.00 bits per heavy atom. The number of aromatic nitrogens is 5. The summed E-state index contributed by atoms with van der Waals surface area (Å²) in [4.78, 5) is 25.5. The van der Waals surface area contributed by atoms with Gasteiger partial charge in [0.2, 0.25) is 11.9 Å². The third kappa shape index (κ3) is 3.55. The second-order valence-corrected chi connectivity index (χ2v) is 9.38. The molecule has 3 aromatic heterocycles. The number of rotatable bonds is 4. The van der Waals surface area contributed by atoms with Crippen LogP contribution in [0.25, 0.3) is 27.6 Å². The minimum atomic E-state index is -0.413. The highest BCUT2D eigenvalue weighted by Crippen LogP contribution is 2.39. The normalized spacial score (nSPS) is 20.7. The molecule has 1 fully saturated rings. The van der Waals surface area contributed by atoms with Gasteiger partial charge in [0.05, 0.1) is 11.1 Å². The van der Waals surface area contributed by atoms with Crippen LogP contribution < -0.4 is 10.6 Å². The van der Waals surface area contributed by atoms with Crippen LogP contribution in [-0.4, -0.2) is 43.7 Å². The van der Waals surface area contributed by atoms with E-state index in [1.54, 1.807) is 30.2 Å². The molecule has 0 unspecified atom stereocenters. The van der Waals surface area contributed by atoms with Crippen molar-refractivity contribution in [2.75, 3.05) is 12.4 Å². The van der Waals surface area contributed by atoms with E-state index in [1.807, 2.05) is 19.1 Å². The maximum Gasteiger partial charge on any atom is 0.225 e. The third-order valence-corrected chi connectivity index (χ3v) is 6.91. The molecule has 10 heteroatoms. The molecule has 5 rings (SSSR count). The van der Waals surface area contributed by atoms with E-state index in [1.165, 1.54) is 6.07 Å². The Kier molecular flexibility index (Phi) is 5.19. The third-order valence-electron chi connectivity index (χ3n) is 6.12. The van der Waals surface area contributed by atoms with Crippen molar-refractivity contribution in [1.82, 2.24) is 30.0 Å². The van der Waals surface area contributed by atoms with Crippen molar-refractivity contribution in [1.29, 1.82) is 0 Å². The number of anilines is 1. The number of halogens is 2. The van der Waals surface area contributed by atoms with E-state index in [-0.39, 0.29) is 11.9 Å². The topological polar surface area (TPSA) is 97.6 Å². The quantitative estimate of drug-likeness (QED) is 0.379. The zero-order chi connectivity index (χ0) is 22.5. The van der Waals surface area contributed by atoms with Crippen LogP contribution in [0.2, 0.25) is 0 Å². The van der Waals surface area contributed by atoms with Gasteiger partial charge in [-0.25, -0.2) is 14.1 Å². The second kappa shape index (κ2) is 7.91. The molecule has 0 saturated heterocycles. The summed E-state index contributed by atoms with van der Waals surface area (Å²) in [6.07, 6.45) is 5.65. The Balaban J connectivity index is 1.50. The van der Waals surface area contributed by atoms with E-state index in [0.717, 1.165) is 21.9 Å². The van der Waals surface area contributed by atoms with Crippen molar-refractivity contribution in [2.24, 2.45) is 5.41 Å². The lowest BCUT2D eigenvalue weighted by atomic mass is 9.87. The van der Waals surface area contributed by atoms with Crippen molar-refractivity contribution in [2.45, 2.75) is 32.2 Å². The Hall–Kier alpha value is -2.89. The molecular formula is C22H21FIN7O. The number of nitrogens with zero attached hydrogens (tertiary/aromatic N) is 5. The molecule has 2 N–H and O–H groups in total. The van der Waals surface area contributed by atoms with Crippen LogP contribution >= 0.6 is 22.6 Å². The highest BCUT2D eigenvalue weighted by molar-refractivity contribution is 14.1. The average molecular weight is 545 g/mol. The molecular weight excluding hydrogens is 524 g/mol. The summed E-state index contributed by atoms with van der Waals surface area (Å²) in [5.74, 6) is 0.103. The first-order chi connectivity index (χ1) is 15.4. The first kappa shape index (κ1) is 21.0. The lowest BCUT2D eigenvalue weighted by molar-refractivity contribution is -0.129. The second-order valence-electron chi connectivity index (χ2n) is 8.36. The smallest absolute Gasteiger partial charge is 0.225 e. The maximum atomic E-state index is 14.7. The number of amides is 1. The van der Waals surface area contributed by atoms with E-state index >= 15 is 0 Å². The number of benzene rings is 1. The van der Waals surface area contributed by atoms with E-state index in [0.29, 0.717) is 34.6 Å². The summed E-state index contributed by atoms with van der Waals surface area (Å²) >= 11 is 2.13. The van der Waals surface area contributed by atoms with Crippen molar-refractivity contribution in [3.05, 3.63) is 46.2 Å². The fourth-order valence-corrected chi connectivity index (χ4v) is 5.02. The van der Waals surface area contributed by atoms with Gasteiger partial charge in [-0.05, 0) is 54.0 Å². The Labute approximate surface area is 197 Å². The number of nitrogens with one attached hydrogen (secondary N) is 2. The Morgan fingerprint density at radius 1 is 1.34 bits per heavy atom. The minimum Gasteiger partial charge on any atom is -0.359 e. The van der Waals surface area contributed by atoms with E-state index in [9.17, 15) is 9.18 Å². The van der Waals surface area contributed by atoms with Crippen LogP contribution in [0.5, 0.6) is 0 Å². The molecule has 0 bridgehead atoms. The maximum absolute atomic E-state index is 14.7. The Bertz CT molecular complexity index is 1360. The van der Waals surface area contributed by atoms with E-state index in [2.05, 4.69) is 48.3 Å². The first-order valence-corrected chi connectivity index (χ1v) is 11.4. The van der Waals surface area contributed by atoms with Gasteiger partial charge < -0.3 is 10.6 Å². The summed E-state index contributed by atoms with van der Waals surface area (Å²) < 4.78 is 17.0. The molecule has 3 heterocycles. The fourth-order valence-electron chi connectivity index (χ4n) is 4.43. The number of fused-ring (bicyclic) bond motifs is 2. The molecule has 1 amide bonds. The van der Waals surface area contributed by atoms with Crippen LogP contribution in [0.1, 0.15) is 26.2 Å². The molecule has 2 atom stereocenters. The zero-order valence-electron chi connectivity index (χ0n) is 17.6. The number of pyridine rings is 1. The van der Waals surface area contributed by atoms with Gasteiger partial charge in [-0.15, -0.1) is 0 Å². The summed E-state index contributed by atoms with van der Waals surface area (Å²) in [5, 5.41) is 12.2. The number of hydrogen-bond donors (Lipinski definition) is 2. The van der Waals surface area contributed by atoms with Crippen LogP contribution in [0.15, 0.2) is 36.7 Å². The molecule has 1 aromatic carbocycles. The predicted molar refractivity (Wildman–Crippen MR) is 128 cm³/mol. The van der Waals surface area contributed by atoms with Gasteiger partial charge >= 0.3 is 0 Å². The predicted octanol–water partition coefficient (Wildman–Crippen LogP) is 3.82. The SMILES string of the molecule is CNC(=O)[C@]1(C)CC[C@@H](Nc2ncc3c(I)nn(-c4cc(F)c5ncccc5c4)c3n2)C1. The van der Waals surface area contributed by atoms with Gasteiger partial charge in [0, 0.05) is 42.4 Å². The molecule has 32 heavy (non-hydrogen) atoms. The molecule has 1 saturated carbocycles. The lowest BCUT2D eigenvalue weighted by Crippen LogP contribution is -2.35. The van der Waals surface area contributed by atoms with E-state index in [4.69, 9.17) is 4.98 Å². The summed E-state index contributed by atoms with van der Waals surface area (Å²) in [5.41, 5.74) is 1.07. The highest BCUT2D eigenvalue weighted by Gasteiger charge is 2.40. The van der Waals surface area contributed by atoms with Crippen molar-refractivity contribution >= 4 is 56.4 Å². The Morgan fingerprint density at radius 2 is 2.19 bits per heavy atom.